The molecule has 1 aromatic carbocycles. The largest absolute Gasteiger partial charge is 0.497 e. The first-order chi connectivity index (χ1) is 13.7. The molecule has 2 aromatic heterocycles. The summed E-state index contributed by atoms with van der Waals surface area (Å²) in [7, 11) is 1.62. The van der Waals surface area contributed by atoms with Crippen molar-refractivity contribution in [1.82, 2.24) is 10.2 Å². The van der Waals surface area contributed by atoms with Gasteiger partial charge in [-0.15, -0.1) is 11.3 Å². The van der Waals surface area contributed by atoms with Gasteiger partial charge < -0.3 is 10.1 Å². The zero-order valence-electron chi connectivity index (χ0n) is 15.2. The van der Waals surface area contributed by atoms with E-state index in [4.69, 9.17) is 4.74 Å². The fourth-order valence-electron chi connectivity index (χ4n) is 4.28. The SMILES string of the molecule is COc1ccc([C@H]2C3=C(C[C@H](c4cccs4)CC3=O)Nc3[nH][nH]c(=O)c32)cc1. The van der Waals surface area contributed by atoms with Crippen LogP contribution in [0, 0.1) is 0 Å². The van der Waals surface area contributed by atoms with Crippen LogP contribution in [0.15, 0.2) is 57.8 Å². The molecule has 0 spiro atoms. The molecule has 1 aliphatic heterocycles. The molecule has 0 amide bonds. The van der Waals surface area contributed by atoms with Crippen molar-refractivity contribution < 1.29 is 9.53 Å². The number of anilines is 1. The maximum Gasteiger partial charge on any atom is 0.270 e. The number of aromatic amines is 2. The third-order valence-electron chi connectivity index (χ3n) is 5.57. The molecule has 3 N–H and O–H groups in total. The number of rotatable bonds is 3. The van der Waals surface area contributed by atoms with Crippen molar-refractivity contribution in [3.05, 3.63) is 79.4 Å². The number of thiophene rings is 1. The van der Waals surface area contributed by atoms with Gasteiger partial charge in [0.1, 0.15) is 11.6 Å². The quantitative estimate of drug-likeness (QED) is 0.633. The standard InChI is InChI=1S/C21H19N3O3S/c1-27-13-6-4-11(5-7-13)17-18-14(22-20-19(17)21(26)24-23-20)9-12(10-15(18)25)16-3-2-8-28-16/h2-8,12,17H,9-10H2,1H3,(H3,22,23,24,26)/t12-,17-/m0/s1. The van der Waals surface area contributed by atoms with Gasteiger partial charge in [0.15, 0.2) is 5.78 Å². The lowest BCUT2D eigenvalue weighted by molar-refractivity contribution is -0.116. The lowest BCUT2D eigenvalue weighted by atomic mass is 9.74. The van der Waals surface area contributed by atoms with Gasteiger partial charge in [0.25, 0.3) is 5.56 Å². The van der Waals surface area contributed by atoms with Crippen molar-refractivity contribution in [3.8, 4) is 5.75 Å². The fourth-order valence-corrected chi connectivity index (χ4v) is 5.11. The van der Waals surface area contributed by atoms with Gasteiger partial charge in [-0.1, -0.05) is 18.2 Å². The first-order valence-electron chi connectivity index (χ1n) is 9.17. The number of hydrogen-bond donors (Lipinski definition) is 3. The van der Waals surface area contributed by atoms with Crippen molar-refractivity contribution in [3.63, 3.8) is 0 Å². The Kier molecular flexibility index (Phi) is 3.98. The summed E-state index contributed by atoms with van der Waals surface area (Å²) < 4.78 is 5.25. The summed E-state index contributed by atoms with van der Waals surface area (Å²) in [6, 6.07) is 11.7. The minimum Gasteiger partial charge on any atom is -0.497 e. The summed E-state index contributed by atoms with van der Waals surface area (Å²) >= 11 is 1.68. The minimum absolute atomic E-state index is 0.0965. The topological polar surface area (TPSA) is 87.0 Å². The third kappa shape index (κ3) is 2.62. The van der Waals surface area contributed by atoms with Crippen LogP contribution in [0.5, 0.6) is 5.75 Å². The lowest BCUT2D eigenvalue weighted by Crippen LogP contribution is -2.31. The molecule has 1 aliphatic carbocycles. The number of ketones is 1. The van der Waals surface area contributed by atoms with E-state index in [2.05, 4.69) is 21.6 Å². The highest BCUT2D eigenvalue weighted by molar-refractivity contribution is 7.10. The molecule has 0 saturated carbocycles. The Balaban J connectivity index is 1.63. The van der Waals surface area contributed by atoms with Gasteiger partial charge in [0, 0.05) is 34.4 Å². The van der Waals surface area contributed by atoms with Gasteiger partial charge in [-0.05, 0) is 35.6 Å². The van der Waals surface area contributed by atoms with Crippen LogP contribution in [0.4, 0.5) is 5.82 Å². The van der Waals surface area contributed by atoms with Gasteiger partial charge in [-0.25, -0.2) is 0 Å². The van der Waals surface area contributed by atoms with Gasteiger partial charge in [-0.3, -0.25) is 19.8 Å². The summed E-state index contributed by atoms with van der Waals surface area (Å²) in [6.07, 6.45) is 1.21. The molecule has 7 heteroatoms. The molecule has 0 radical (unpaired) electrons. The van der Waals surface area contributed by atoms with E-state index in [1.165, 1.54) is 4.88 Å². The van der Waals surface area contributed by atoms with Crippen LogP contribution < -0.4 is 15.6 Å². The van der Waals surface area contributed by atoms with E-state index in [1.54, 1.807) is 18.4 Å². The molecule has 6 nitrogen and oxygen atoms in total. The molecule has 3 heterocycles. The number of Topliss-reactive ketones (excluding diaryl/α,β-unsaturated/α-hetero) is 1. The van der Waals surface area contributed by atoms with E-state index in [1.807, 2.05) is 35.7 Å². The number of nitrogens with one attached hydrogen (secondary N) is 3. The lowest BCUT2D eigenvalue weighted by Gasteiger charge is -2.34. The number of aromatic nitrogens is 2. The Bertz CT molecular complexity index is 1120. The average molecular weight is 393 g/mol. The summed E-state index contributed by atoms with van der Waals surface area (Å²) in [5.41, 5.74) is 2.87. The fraction of sp³-hybridized carbons (Fsp3) is 0.238. The summed E-state index contributed by atoms with van der Waals surface area (Å²) in [6.45, 7) is 0. The molecule has 2 aliphatic rings. The van der Waals surface area contributed by atoms with E-state index in [0.717, 1.165) is 23.4 Å². The molecular formula is C21H19N3O3S. The predicted molar refractivity (Wildman–Crippen MR) is 108 cm³/mol. The maximum atomic E-state index is 13.2. The van der Waals surface area contributed by atoms with E-state index in [0.29, 0.717) is 23.4 Å². The molecule has 0 unspecified atom stereocenters. The molecule has 2 atom stereocenters. The van der Waals surface area contributed by atoms with Gasteiger partial charge in [-0.2, -0.15) is 0 Å². The summed E-state index contributed by atoms with van der Waals surface area (Å²) in [5, 5.41) is 10.9. The molecule has 3 aromatic rings. The van der Waals surface area contributed by atoms with Gasteiger partial charge in [0.2, 0.25) is 0 Å². The number of H-pyrrole nitrogens is 2. The Morgan fingerprint density at radius 2 is 1.89 bits per heavy atom. The molecule has 0 saturated heterocycles. The molecule has 142 valence electrons. The maximum absolute atomic E-state index is 13.2. The van der Waals surface area contributed by atoms with Crippen LogP contribution in [-0.4, -0.2) is 23.1 Å². The van der Waals surface area contributed by atoms with Crippen molar-refractivity contribution in [2.45, 2.75) is 24.7 Å². The van der Waals surface area contributed by atoms with Crippen LogP contribution in [-0.2, 0) is 4.79 Å². The predicted octanol–water partition coefficient (Wildman–Crippen LogP) is 3.73. The number of allylic oxidation sites excluding steroid dienone is 2. The van der Waals surface area contributed by atoms with Crippen LogP contribution in [0.1, 0.15) is 40.7 Å². The molecular weight excluding hydrogens is 374 g/mol. The highest BCUT2D eigenvalue weighted by atomic mass is 32.1. The number of ether oxygens (including phenoxy) is 1. The molecule has 5 rings (SSSR count). The number of carbonyl (C=O) groups excluding carboxylic acids is 1. The van der Waals surface area contributed by atoms with Crippen molar-refractivity contribution in [1.29, 1.82) is 0 Å². The van der Waals surface area contributed by atoms with E-state index >= 15 is 0 Å². The Labute approximate surface area is 165 Å². The van der Waals surface area contributed by atoms with Crippen LogP contribution in [0.2, 0.25) is 0 Å². The zero-order valence-corrected chi connectivity index (χ0v) is 16.1. The molecule has 28 heavy (non-hydrogen) atoms. The smallest absolute Gasteiger partial charge is 0.270 e. The van der Waals surface area contributed by atoms with Gasteiger partial charge >= 0.3 is 0 Å². The first kappa shape index (κ1) is 17.1. The zero-order chi connectivity index (χ0) is 19.3. The number of benzene rings is 1. The Morgan fingerprint density at radius 1 is 1.07 bits per heavy atom. The van der Waals surface area contributed by atoms with E-state index < -0.39 is 0 Å². The van der Waals surface area contributed by atoms with E-state index in [9.17, 15) is 9.59 Å². The van der Waals surface area contributed by atoms with E-state index in [-0.39, 0.29) is 23.2 Å². The van der Waals surface area contributed by atoms with Crippen molar-refractivity contribution >= 4 is 22.9 Å². The third-order valence-corrected chi connectivity index (χ3v) is 6.61. The van der Waals surface area contributed by atoms with Crippen LogP contribution in [0.25, 0.3) is 0 Å². The molecule has 0 bridgehead atoms. The van der Waals surface area contributed by atoms with Crippen LogP contribution in [0.3, 0.4) is 0 Å². The number of hydrogen-bond acceptors (Lipinski definition) is 5. The van der Waals surface area contributed by atoms with Gasteiger partial charge in [0.05, 0.1) is 12.7 Å². The molecule has 0 fully saturated rings. The average Bonchev–Trinajstić information content (AvgIpc) is 3.37. The normalized spacial score (nSPS) is 21.1. The second kappa shape index (κ2) is 6.53. The number of carbonyl (C=O) groups is 1. The monoisotopic (exact) mass is 393 g/mol. The second-order valence-electron chi connectivity index (χ2n) is 7.13. The van der Waals surface area contributed by atoms with Crippen LogP contribution >= 0.6 is 11.3 Å². The number of methoxy groups -OCH3 is 1. The number of fused-ring (bicyclic) bond motifs is 1. The summed E-state index contributed by atoms with van der Waals surface area (Å²) in [5.74, 6) is 1.26. The Hall–Kier alpha value is -3.06. The van der Waals surface area contributed by atoms with Crippen molar-refractivity contribution in [2.75, 3.05) is 12.4 Å². The Morgan fingerprint density at radius 3 is 2.61 bits per heavy atom. The minimum atomic E-state index is -0.385. The summed E-state index contributed by atoms with van der Waals surface area (Å²) in [4.78, 5) is 27.0. The highest BCUT2D eigenvalue weighted by Gasteiger charge is 2.40. The van der Waals surface area contributed by atoms with Crippen molar-refractivity contribution in [2.24, 2.45) is 0 Å². The highest BCUT2D eigenvalue weighted by Crippen LogP contribution is 2.47. The first-order valence-corrected chi connectivity index (χ1v) is 10.0. The second-order valence-corrected chi connectivity index (χ2v) is 8.11.